The van der Waals surface area contributed by atoms with Crippen molar-refractivity contribution in [2.24, 2.45) is 0 Å². The molecule has 0 fully saturated rings. The maximum Gasteiger partial charge on any atom is 0.184 e. The van der Waals surface area contributed by atoms with E-state index in [1.165, 1.54) is 0 Å². The Hall–Kier alpha value is 0.571. The summed E-state index contributed by atoms with van der Waals surface area (Å²) < 4.78 is 2.97. The molecule has 5 heteroatoms. The Morgan fingerprint density at radius 3 is 1.25 bits per heavy atom. The highest BCUT2D eigenvalue weighted by Gasteiger charge is 2.45. The van der Waals surface area contributed by atoms with Crippen molar-refractivity contribution in [3.63, 3.8) is 0 Å². The van der Waals surface area contributed by atoms with Crippen molar-refractivity contribution in [2.45, 2.75) is 72.3 Å². The zero-order valence-corrected chi connectivity index (χ0v) is 16.0. The Labute approximate surface area is 106 Å². The first-order chi connectivity index (χ1) is 6.78. The fraction of sp³-hybridized carbons (Fsp3) is 1.00. The summed E-state index contributed by atoms with van der Waals surface area (Å²) in [5, 5.41) is 0. The van der Waals surface area contributed by atoms with Gasteiger partial charge in [-0.05, 0) is 19.1 Å². The number of rotatable bonds is 5. The van der Waals surface area contributed by atoms with E-state index in [0.717, 1.165) is 0 Å². The quantitative estimate of drug-likeness (QED) is 0.771. The van der Waals surface area contributed by atoms with Crippen LogP contribution in [0.1, 0.15) is 13.8 Å². The Morgan fingerprint density at radius 1 is 0.750 bits per heavy atom. The van der Waals surface area contributed by atoms with Gasteiger partial charge in [0.25, 0.3) is 0 Å². The van der Waals surface area contributed by atoms with Gasteiger partial charge in [0.1, 0.15) is 16.5 Å². The molecular formula is C11H32N2Si3. The van der Waals surface area contributed by atoms with Crippen LogP contribution in [0.2, 0.25) is 52.4 Å². The van der Waals surface area contributed by atoms with Gasteiger partial charge in [-0.1, -0.05) is 53.1 Å². The van der Waals surface area contributed by atoms with Gasteiger partial charge in [0.15, 0.2) is 8.40 Å². The molecule has 0 saturated carbocycles. The van der Waals surface area contributed by atoms with Gasteiger partial charge in [-0.3, -0.25) is 0 Å². The Morgan fingerprint density at radius 2 is 1.06 bits per heavy atom. The average Bonchev–Trinajstić information content (AvgIpc) is 1.70. The number of hydrogen-bond donors (Lipinski definition) is 1. The van der Waals surface area contributed by atoms with Crippen LogP contribution in [0.15, 0.2) is 0 Å². The molecule has 0 aromatic heterocycles. The van der Waals surface area contributed by atoms with Crippen molar-refractivity contribution < 1.29 is 0 Å². The molecule has 0 aliphatic carbocycles. The minimum atomic E-state index is -1.46. The lowest BCUT2D eigenvalue weighted by Gasteiger charge is -2.53. The predicted octanol–water partition coefficient (Wildman–Crippen LogP) is 3.66. The van der Waals surface area contributed by atoms with Crippen LogP contribution in [-0.2, 0) is 0 Å². The molecule has 0 aromatic rings. The van der Waals surface area contributed by atoms with Gasteiger partial charge in [0, 0.05) is 0 Å². The van der Waals surface area contributed by atoms with E-state index in [2.05, 4.69) is 75.1 Å². The molecule has 0 aliphatic heterocycles. The van der Waals surface area contributed by atoms with Crippen molar-refractivity contribution in [1.82, 2.24) is 8.88 Å². The predicted molar refractivity (Wildman–Crippen MR) is 84.3 cm³/mol. The molecule has 0 aromatic carbocycles. The molecule has 98 valence electrons. The average molecular weight is 277 g/mol. The minimum Gasteiger partial charge on any atom is -0.357 e. The molecular weight excluding hydrogens is 244 g/mol. The van der Waals surface area contributed by atoms with Crippen molar-refractivity contribution >= 4 is 24.9 Å². The molecule has 0 spiro atoms. The first-order valence-corrected chi connectivity index (χ1v) is 16.2. The normalized spacial score (nSPS) is 15.0. The smallest absolute Gasteiger partial charge is 0.184 e. The molecule has 0 unspecified atom stereocenters. The molecule has 0 amide bonds. The van der Waals surface area contributed by atoms with Gasteiger partial charge in [-0.2, -0.15) is 0 Å². The fourth-order valence-electron chi connectivity index (χ4n) is 3.45. The van der Waals surface area contributed by atoms with E-state index in [9.17, 15) is 0 Å². The highest BCUT2D eigenvalue weighted by atomic mass is 28.5. The molecule has 0 heterocycles. The number of nitrogens with one attached hydrogen (secondary N) is 1. The summed E-state index contributed by atoms with van der Waals surface area (Å²) in [7, 11) is -3.92. The monoisotopic (exact) mass is 276 g/mol. The van der Waals surface area contributed by atoms with Crippen molar-refractivity contribution in [1.29, 1.82) is 0 Å². The second-order valence-corrected chi connectivity index (χ2v) is 22.3. The Balaban J connectivity index is 5.20. The lowest BCUT2D eigenvalue weighted by Crippen LogP contribution is -2.75. The molecule has 1 N–H and O–H groups in total. The summed E-state index contributed by atoms with van der Waals surface area (Å²) in [6.07, 6.45) is 0. The van der Waals surface area contributed by atoms with Crippen LogP contribution in [0, 0.1) is 0 Å². The van der Waals surface area contributed by atoms with Crippen LogP contribution in [0.5, 0.6) is 0 Å². The van der Waals surface area contributed by atoms with Crippen molar-refractivity contribution in [3.8, 4) is 0 Å². The largest absolute Gasteiger partial charge is 0.357 e. The molecule has 0 atom stereocenters. The van der Waals surface area contributed by atoms with Crippen LogP contribution in [0.4, 0.5) is 0 Å². The zero-order valence-electron chi connectivity index (χ0n) is 13.0. The van der Waals surface area contributed by atoms with Gasteiger partial charge in [-0.15, -0.1) is 0 Å². The molecule has 0 bridgehead atoms. The van der Waals surface area contributed by atoms with Crippen LogP contribution < -0.4 is 4.98 Å². The highest BCUT2D eigenvalue weighted by molar-refractivity contribution is 7.03. The van der Waals surface area contributed by atoms with Crippen LogP contribution in [0.25, 0.3) is 0 Å². The zero-order chi connectivity index (χ0) is 13.4. The van der Waals surface area contributed by atoms with E-state index in [1.807, 2.05) is 0 Å². The summed E-state index contributed by atoms with van der Waals surface area (Å²) in [6, 6.07) is 0.594. The highest BCUT2D eigenvalue weighted by Crippen LogP contribution is 2.26. The molecule has 0 saturated heterocycles. The lowest BCUT2D eigenvalue weighted by molar-refractivity contribution is 0.690. The second kappa shape index (κ2) is 5.06. The van der Waals surface area contributed by atoms with E-state index in [0.29, 0.717) is 6.04 Å². The van der Waals surface area contributed by atoms with Gasteiger partial charge in [0.2, 0.25) is 0 Å². The van der Waals surface area contributed by atoms with Gasteiger partial charge in [-0.25, -0.2) is 0 Å². The van der Waals surface area contributed by atoms with E-state index >= 15 is 0 Å². The summed E-state index contributed by atoms with van der Waals surface area (Å²) in [4.78, 5) is 3.87. The third-order valence-corrected chi connectivity index (χ3v) is 19.0. The topological polar surface area (TPSA) is 15.3 Å². The molecule has 16 heavy (non-hydrogen) atoms. The molecule has 0 rings (SSSR count). The second-order valence-electron chi connectivity index (χ2n) is 7.54. The first kappa shape index (κ1) is 16.6. The summed E-state index contributed by atoms with van der Waals surface area (Å²) in [5.41, 5.74) is 0. The Kier molecular flexibility index (Phi) is 5.24. The lowest BCUT2D eigenvalue weighted by atomic mass is 10.4. The van der Waals surface area contributed by atoms with Crippen LogP contribution in [0.3, 0.4) is 0 Å². The van der Waals surface area contributed by atoms with E-state index in [1.54, 1.807) is 0 Å². The SMILES string of the molecule is CC(C)N[Si](C)(C)N([Si](C)(C)C)[Si](C)(C)C. The third-order valence-electron chi connectivity index (χ3n) is 2.54. The van der Waals surface area contributed by atoms with E-state index in [-0.39, 0.29) is 0 Å². The van der Waals surface area contributed by atoms with Crippen LogP contribution >= 0.6 is 0 Å². The minimum absolute atomic E-state index is 0.594. The number of nitrogens with zero attached hydrogens (tertiary/aromatic N) is 1. The summed E-state index contributed by atoms with van der Waals surface area (Å²) in [5.74, 6) is 0. The fourth-order valence-corrected chi connectivity index (χ4v) is 26.8. The third kappa shape index (κ3) is 4.83. The first-order valence-electron chi connectivity index (χ1n) is 6.36. The summed E-state index contributed by atoms with van der Waals surface area (Å²) >= 11 is 0. The van der Waals surface area contributed by atoms with Crippen molar-refractivity contribution in [3.05, 3.63) is 0 Å². The molecule has 0 aliphatic rings. The maximum absolute atomic E-state index is 3.87. The Bertz CT molecular complexity index is 212. The van der Waals surface area contributed by atoms with E-state index in [4.69, 9.17) is 0 Å². The van der Waals surface area contributed by atoms with Gasteiger partial charge >= 0.3 is 0 Å². The molecule has 0 radical (unpaired) electrons. The number of hydrogen-bond acceptors (Lipinski definition) is 2. The van der Waals surface area contributed by atoms with Crippen molar-refractivity contribution in [2.75, 3.05) is 0 Å². The standard InChI is InChI=1S/C11H32N2Si3/c1-11(2)12-16(9,10)13(14(3,4)5)15(6,7)8/h11-12H,1-10H3. The maximum atomic E-state index is 3.87. The van der Waals surface area contributed by atoms with E-state index < -0.39 is 24.9 Å². The van der Waals surface area contributed by atoms with Gasteiger partial charge in [0.05, 0.1) is 0 Å². The van der Waals surface area contributed by atoms with Crippen LogP contribution in [-0.4, -0.2) is 34.8 Å². The van der Waals surface area contributed by atoms with Gasteiger partial charge < -0.3 is 8.88 Å². The summed E-state index contributed by atoms with van der Waals surface area (Å²) in [6.45, 7) is 24.4. The molecule has 2 nitrogen and oxygen atoms in total.